The third-order valence-electron chi connectivity index (χ3n) is 6.77. The topological polar surface area (TPSA) is 92.7 Å². The van der Waals surface area contributed by atoms with Crippen molar-refractivity contribution in [3.8, 4) is 23.0 Å². The molecule has 3 aromatic carbocycles. The third kappa shape index (κ3) is 4.70. The van der Waals surface area contributed by atoms with Gasteiger partial charge in [0.2, 0.25) is 5.91 Å². The number of ether oxygens (including phenoxy) is 2. The smallest absolute Gasteiger partial charge is 0.236 e. The molecule has 0 radical (unpaired) electrons. The average molecular weight is 518 g/mol. The number of nitrogens with zero attached hydrogens (tertiary/aromatic N) is 1. The molecule has 0 atom stereocenters. The van der Waals surface area contributed by atoms with E-state index in [0.717, 1.165) is 6.42 Å². The van der Waals surface area contributed by atoms with Crippen molar-refractivity contribution >= 4 is 28.2 Å². The number of hydrogen-bond acceptors (Lipinski definition) is 6. The van der Waals surface area contributed by atoms with Gasteiger partial charge in [0.05, 0.1) is 18.0 Å². The van der Waals surface area contributed by atoms with Gasteiger partial charge in [0.1, 0.15) is 11.6 Å². The van der Waals surface area contributed by atoms with E-state index in [-0.39, 0.29) is 34.7 Å². The van der Waals surface area contributed by atoms with Crippen LogP contribution in [0.25, 0.3) is 10.9 Å². The molecule has 0 unspecified atom stereocenters. The number of aromatic hydroxyl groups is 1. The van der Waals surface area contributed by atoms with Crippen molar-refractivity contribution in [1.29, 1.82) is 0 Å². The summed E-state index contributed by atoms with van der Waals surface area (Å²) in [7, 11) is 1.42. The molecular formula is C29H25F2N3O4. The number of rotatable bonds is 8. The highest BCUT2D eigenvalue weighted by molar-refractivity contribution is 5.98. The number of carbonyl (C=O) groups excluding carboxylic acids is 1. The van der Waals surface area contributed by atoms with Crippen molar-refractivity contribution < 1.29 is 28.2 Å². The minimum Gasteiger partial charge on any atom is -0.504 e. The van der Waals surface area contributed by atoms with Gasteiger partial charge in [0.15, 0.2) is 23.1 Å². The number of aromatic nitrogens is 1. The lowest BCUT2D eigenvalue weighted by Gasteiger charge is -2.42. The third-order valence-corrected chi connectivity index (χ3v) is 6.77. The van der Waals surface area contributed by atoms with E-state index in [1.54, 1.807) is 30.3 Å². The van der Waals surface area contributed by atoms with Gasteiger partial charge < -0.3 is 25.2 Å². The summed E-state index contributed by atoms with van der Waals surface area (Å²) in [6.07, 6.45) is 3.51. The Morgan fingerprint density at radius 2 is 1.71 bits per heavy atom. The first-order valence-electron chi connectivity index (χ1n) is 12.0. The molecule has 1 saturated carbocycles. The molecule has 5 rings (SSSR count). The normalized spacial score (nSPS) is 13.9. The summed E-state index contributed by atoms with van der Waals surface area (Å²) in [5, 5.41) is 16.4. The molecule has 1 aliphatic rings. The van der Waals surface area contributed by atoms with Gasteiger partial charge in [-0.3, -0.25) is 9.78 Å². The summed E-state index contributed by atoms with van der Waals surface area (Å²) in [5.74, 6) is -0.912. The molecule has 194 valence electrons. The molecule has 0 bridgehead atoms. The van der Waals surface area contributed by atoms with Crippen LogP contribution < -0.4 is 20.1 Å². The first-order chi connectivity index (χ1) is 18.3. The van der Waals surface area contributed by atoms with Crippen LogP contribution >= 0.6 is 0 Å². The van der Waals surface area contributed by atoms with Crippen LogP contribution in [0.3, 0.4) is 0 Å². The minimum absolute atomic E-state index is 0.0525. The summed E-state index contributed by atoms with van der Waals surface area (Å²) < 4.78 is 39.3. The van der Waals surface area contributed by atoms with Crippen molar-refractivity contribution in [1.82, 2.24) is 4.98 Å². The van der Waals surface area contributed by atoms with Crippen LogP contribution in [0, 0.1) is 17.0 Å². The highest BCUT2D eigenvalue weighted by Gasteiger charge is 2.47. The van der Waals surface area contributed by atoms with Gasteiger partial charge in [-0.2, -0.15) is 0 Å². The van der Waals surface area contributed by atoms with E-state index in [2.05, 4.69) is 22.2 Å². The predicted molar refractivity (Wildman–Crippen MR) is 141 cm³/mol. The highest BCUT2D eigenvalue weighted by atomic mass is 19.1. The number of carbonyl (C=O) groups is 1. The minimum atomic E-state index is -0.861. The Bertz CT molecular complexity index is 1540. The van der Waals surface area contributed by atoms with Crippen molar-refractivity contribution in [2.45, 2.75) is 19.3 Å². The fraction of sp³-hybridized carbons (Fsp3) is 0.172. The van der Waals surface area contributed by atoms with Gasteiger partial charge in [0.25, 0.3) is 0 Å². The van der Waals surface area contributed by atoms with Crippen molar-refractivity contribution in [2.75, 3.05) is 17.7 Å². The molecule has 1 heterocycles. The van der Waals surface area contributed by atoms with E-state index in [1.807, 2.05) is 0 Å². The molecule has 0 saturated heterocycles. The molecule has 1 fully saturated rings. The number of amides is 1. The second kappa shape index (κ2) is 10.0. The molecule has 1 amide bonds. The summed E-state index contributed by atoms with van der Waals surface area (Å²) in [6.45, 7) is 4.06. The molecule has 9 heteroatoms. The summed E-state index contributed by atoms with van der Waals surface area (Å²) >= 11 is 0. The second-order valence-electron chi connectivity index (χ2n) is 9.10. The van der Waals surface area contributed by atoms with Crippen molar-refractivity contribution in [3.63, 3.8) is 0 Å². The molecule has 3 N–H and O–H groups in total. The molecular weight excluding hydrogens is 492 g/mol. The number of nitrogens with one attached hydrogen (secondary N) is 2. The van der Waals surface area contributed by atoms with Crippen LogP contribution in [0.1, 0.15) is 19.3 Å². The van der Waals surface area contributed by atoms with Gasteiger partial charge >= 0.3 is 0 Å². The first-order valence-corrected chi connectivity index (χ1v) is 12.0. The number of phenolic OH excluding ortho intramolecular Hbond substituents is 1. The van der Waals surface area contributed by atoms with Crippen LogP contribution in [0.2, 0.25) is 0 Å². The Hall–Kier alpha value is -4.66. The first kappa shape index (κ1) is 25.0. The lowest BCUT2D eigenvalue weighted by molar-refractivity contribution is -0.127. The van der Waals surface area contributed by atoms with Crippen molar-refractivity contribution in [3.05, 3.63) is 90.8 Å². The summed E-state index contributed by atoms with van der Waals surface area (Å²) in [5.41, 5.74) is 0.983. The van der Waals surface area contributed by atoms with Crippen LogP contribution in [0.15, 0.2) is 79.1 Å². The van der Waals surface area contributed by atoms with E-state index in [9.17, 15) is 14.3 Å². The number of methoxy groups -OCH3 is 1. The average Bonchev–Trinajstić information content (AvgIpc) is 2.86. The number of halogens is 2. The van der Waals surface area contributed by atoms with Gasteiger partial charge in [-0.05, 0) is 61.4 Å². The Balaban J connectivity index is 1.32. The zero-order valence-electron chi connectivity index (χ0n) is 20.6. The maximum atomic E-state index is 15.0. The Morgan fingerprint density at radius 3 is 2.37 bits per heavy atom. The fourth-order valence-corrected chi connectivity index (χ4v) is 4.44. The quantitative estimate of drug-likeness (QED) is 0.239. The SMILES string of the molecule is C=C(Nc1ccc(F)cc1)C1(C(=O)Nc2ccc(Oc3ccnc4cc(O)c(OC)cc34)c(F)c2)CCC1. The summed E-state index contributed by atoms with van der Waals surface area (Å²) in [6, 6.07) is 14.5. The van der Waals surface area contributed by atoms with E-state index in [0.29, 0.717) is 40.9 Å². The Labute approximate surface area is 217 Å². The Morgan fingerprint density at radius 1 is 0.974 bits per heavy atom. The van der Waals surface area contributed by atoms with Crippen LogP contribution in [-0.2, 0) is 4.79 Å². The highest BCUT2D eigenvalue weighted by Crippen LogP contribution is 2.47. The second-order valence-corrected chi connectivity index (χ2v) is 9.10. The maximum absolute atomic E-state index is 15.0. The predicted octanol–water partition coefficient (Wildman–Crippen LogP) is 6.75. The standard InChI is InChI=1S/C29H25F2N3O4/c1-17(33-19-6-4-18(30)5-7-19)29(11-3-12-29)28(36)34-20-8-9-26(22(31)14-20)38-25-10-13-32-23-16-24(35)27(37-2)15-21(23)25/h4-10,13-16,33,35H,1,3,11-12H2,2H3,(H,34,36). The maximum Gasteiger partial charge on any atom is 0.236 e. The molecule has 7 nitrogen and oxygen atoms in total. The number of pyridine rings is 1. The van der Waals surface area contributed by atoms with Crippen LogP contribution in [0.5, 0.6) is 23.0 Å². The monoisotopic (exact) mass is 517 g/mol. The zero-order valence-corrected chi connectivity index (χ0v) is 20.6. The van der Waals surface area contributed by atoms with Gasteiger partial charge in [-0.1, -0.05) is 13.0 Å². The lowest BCUT2D eigenvalue weighted by atomic mass is 9.66. The van der Waals surface area contributed by atoms with E-state index in [1.165, 1.54) is 43.6 Å². The molecule has 38 heavy (non-hydrogen) atoms. The molecule has 4 aromatic rings. The van der Waals surface area contributed by atoms with Crippen molar-refractivity contribution in [2.24, 2.45) is 5.41 Å². The largest absolute Gasteiger partial charge is 0.504 e. The number of phenols is 1. The zero-order chi connectivity index (χ0) is 26.9. The van der Waals surface area contributed by atoms with Crippen LogP contribution in [0.4, 0.5) is 20.2 Å². The number of anilines is 2. The number of hydrogen-bond donors (Lipinski definition) is 3. The summed E-state index contributed by atoms with van der Waals surface area (Å²) in [4.78, 5) is 17.5. The van der Waals surface area contributed by atoms with E-state index < -0.39 is 11.2 Å². The Kier molecular flexibility index (Phi) is 6.59. The molecule has 1 aliphatic carbocycles. The van der Waals surface area contributed by atoms with Gasteiger partial charge in [-0.25, -0.2) is 8.78 Å². The van der Waals surface area contributed by atoms with Gasteiger partial charge in [-0.15, -0.1) is 0 Å². The molecule has 1 aromatic heterocycles. The molecule has 0 aliphatic heterocycles. The molecule has 0 spiro atoms. The van der Waals surface area contributed by atoms with Gasteiger partial charge in [0, 0.05) is 40.8 Å². The van der Waals surface area contributed by atoms with E-state index >= 15 is 4.39 Å². The fourth-order valence-electron chi connectivity index (χ4n) is 4.44. The number of benzene rings is 3. The lowest BCUT2D eigenvalue weighted by Crippen LogP contribution is -2.45. The van der Waals surface area contributed by atoms with Crippen LogP contribution in [-0.4, -0.2) is 23.1 Å². The van der Waals surface area contributed by atoms with E-state index in [4.69, 9.17) is 9.47 Å². The number of fused-ring (bicyclic) bond motifs is 1.